The maximum absolute atomic E-state index is 5.48. The van der Waals surface area contributed by atoms with Crippen molar-refractivity contribution >= 4 is 29.9 Å². The Labute approximate surface area is 177 Å². The largest absolute Gasteiger partial charge is 0.497 e. The predicted molar refractivity (Wildman–Crippen MR) is 115 cm³/mol. The Hall–Kier alpha value is -2.04. The second kappa shape index (κ2) is 9.77. The quantitative estimate of drug-likeness (QED) is 0.383. The zero-order chi connectivity index (χ0) is 18.5. The molecule has 1 N–H and O–H groups in total. The number of nitrogens with one attached hydrogen (secondary N) is 1. The van der Waals surface area contributed by atoms with Gasteiger partial charge in [-0.15, -0.1) is 34.2 Å². The maximum atomic E-state index is 5.48. The molecular formula is C18H27IN6O2. The average Bonchev–Trinajstić information content (AvgIpc) is 3.27. The number of rotatable bonds is 6. The van der Waals surface area contributed by atoms with Crippen molar-refractivity contribution in [1.29, 1.82) is 0 Å². The van der Waals surface area contributed by atoms with Gasteiger partial charge in [0.05, 0.1) is 20.8 Å². The summed E-state index contributed by atoms with van der Waals surface area (Å²) in [5.74, 6) is 4.39. The van der Waals surface area contributed by atoms with Gasteiger partial charge in [0.1, 0.15) is 17.3 Å². The van der Waals surface area contributed by atoms with Crippen molar-refractivity contribution in [2.75, 3.05) is 28.3 Å². The fourth-order valence-electron chi connectivity index (χ4n) is 3.20. The Balaban J connectivity index is 0.00000261. The SMILES string of the molecule is CN=C(NCc1nnc2n1CCC2)N(C)Cc1ccc(OC)cc1OC.I. The van der Waals surface area contributed by atoms with Crippen molar-refractivity contribution in [3.8, 4) is 11.5 Å². The van der Waals surface area contributed by atoms with Gasteiger partial charge in [0.25, 0.3) is 0 Å². The third kappa shape index (κ3) is 4.82. The summed E-state index contributed by atoms with van der Waals surface area (Å²) >= 11 is 0. The molecule has 0 aliphatic carbocycles. The highest BCUT2D eigenvalue weighted by atomic mass is 127. The van der Waals surface area contributed by atoms with E-state index in [2.05, 4.69) is 25.1 Å². The first-order valence-electron chi connectivity index (χ1n) is 8.70. The number of aryl methyl sites for hydroxylation is 1. The maximum Gasteiger partial charge on any atom is 0.194 e. The zero-order valence-corrected chi connectivity index (χ0v) is 18.6. The van der Waals surface area contributed by atoms with E-state index in [1.54, 1.807) is 21.3 Å². The number of guanidine groups is 1. The second-order valence-electron chi connectivity index (χ2n) is 6.22. The van der Waals surface area contributed by atoms with Crippen LogP contribution in [-0.2, 0) is 26.1 Å². The van der Waals surface area contributed by atoms with Crippen LogP contribution in [-0.4, -0.2) is 53.9 Å². The van der Waals surface area contributed by atoms with E-state index in [-0.39, 0.29) is 24.0 Å². The standard InChI is InChI=1S/C18H26N6O2.HI/c1-19-18(20-11-17-22-21-16-6-5-9-24(16)17)23(2)12-13-7-8-14(25-3)10-15(13)26-4;/h7-8,10H,5-6,9,11-12H2,1-4H3,(H,19,20);1H. The van der Waals surface area contributed by atoms with Crippen molar-refractivity contribution < 1.29 is 9.47 Å². The van der Waals surface area contributed by atoms with Crippen LogP contribution in [0.25, 0.3) is 0 Å². The molecule has 148 valence electrons. The van der Waals surface area contributed by atoms with Crippen LogP contribution in [0.15, 0.2) is 23.2 Å². The number of halogens is 1. The molecule has 3 rings (SSSR count). The molecule has 8 nitrogen and oxygen atoms in total. The summed E-state index contributed by atoms with van der Waals surface area (Å²) in [4.78, 5) is 6.42. The highest BCUT2D eigenvalue weighted by Crippen LogP contribution is 2.25. The highest BCUT2D eigenvalue weighted by Gasteiger charge is 2.18. The Bertz CT molecular complexity index is 792. The number of methoxy groups -OCH3 is 2. The number of aliphatic imine (C=N–C) groups is 1. The Morgan fingerprint density at radius 2 is 2.11 bits per heavy atom. The van der Waals surface area contributed by atoms with Crippen LogP contribution in [0.5, 0.6) is 11.5 Å². The normalized spacial score (nSPS) is 13.0. The van der Waals surface area contributed by atoms with Crippen molar-refractivity contribution in [3.05, 3.63) is 35.4 Å². The molecule has 0 amide bonds. The van der Waals surface area contributed by atoms with E-state index in [9.17, 15) is 0 Å². The van der Waals surface area contributed by atoms with Crippen molar-refractivity contribution in [2.24, 2.45) is 4.99 Å². The van der Waals surface area contributed by atoms with Crippen LogP contribution in [0.4, 0.5) is 0 Å². The van der Waals surface area contributed by atoms with E-state index < -0.39 is 0 Å². The molecule has 1 aromatic heterocycles. The zero-order valence-electron chi connectivity index (χ0n) is 16.2. The molecule has 0 radical (unpaired) electrons. The highest BCUT2D eigenvalue weighted by molar-refractivity contribution is 14.0. The number of benzene rings is 1. The first-order chi connectivity index (χ1) is 12.7. The molecule has 27 heavy (non-hydrogen) atoms. The van der Waals surface area contributed by atoms with Crippen LogP contribution >= 0.6 is 24.0 Å². The van der Waals surface area contributed by atoms with Gasteiger partial charge in [-0.25, -0.2) is 0 Å². The summed E-state index contributed by atoms with van der Waals surface area (Å²) in [5.41, 5.74) is 1.06. The molecule has 2 aromatic rings. The fraction of sp³-hybridized carbons (Fsp3) is 0.500. The van der Waals surface area contributed by atoms with Crippen molar-refractivity contribution in [1.82, 2.24) is 25.0 Å². The van der Waals surface area contributed by atoms with Gasteiger partial charge in [0.15, 0.2) is 11.8 Å². The van der Waals surface area contributed by atoms with Crippen LogP contribution in [0.2, 0.25) is 0 Å². The minimum atomic E-state index is 0. The molecule has 0 fully saturated rings. The number of hydrogen-bond donors (Lipinski definition) is 1. The first-order valence-corrected chi connectivity index (χ1v) is 8.70. The molecule has 0 spiro atoms. The lowest BCUT2D eigenvalue weighted by Crippen LogP contribution is -2.38. The lowest BCUT2D eigenvalue weighted by molar-refractivity contribution is 0.382. The second-order valence-corrected chi connectivity index (χ2v) is 6.22. The van der Waals surface area contributed by atoms with Gasteiger partial charge in [-0.05, 0) is 18.6 Å². The molecule has 0 bridgehead atoms. The summed E-state index contributed by atoms with van der Waals surface area (Å²) < 4.78 is 12.9. The van der Waals surface area contributed by atoms with Crippen LogP contribution in [0.1, 0.15) is 23.6 Å². The van der Waals surface area contributed by atoms with E-state index in [1.165, 1.54) is 0 Å². The number of aromatic nitrogens is 3. The first kappa shape index (κ1) is 21.3. The molecule has 0 saturated carbocycles. The molecule has 1 aliphatic heterocycles. The fourth-order valence-corrected chi connectivity index (χ4v) is 3.20. The van der Waals surface area contributed by atoms with Gasteiger partial charge in [-0.1, -0.05) is 0 Å². The molecular weight excluding hydrogens is 459 g/mol. The Morgan fingerprint density at radius 3 is 2.81 bits per heavy atom. The summed E-state index contributed by atoms with van der Waals surface area (Å²) in [6.45, 7) is 2.26. The molecule has 2 heterocycles. The van der Waals surface area contributed by atoms with Gasteiger partial charge in [-0.3, -0.25) is 4.99 Å². The Kier molecular flexibility index (Phi) is 7.69. The van der Waals surface area contributed by atoms with E-state index >= 15 is 0 Å². The number of fused-ring (bicyclic) bond motifs is 1. The number of hydrogen-bond acceptors (Lipinski definition) is 5. The van der Waals surface area contributed by atoms with Gasteiger partial charge >= 0.3 is 0 Å². The van der Waals surface area contributed by atoms with Crippen LogP contribution in [0, 0.1) is 0 Å². The molecule has 9 heteroatoms. The van der Waals surface area contributed by atoms with Crippen LogP contribution < -0.4 is 14.8 Å². The van der Waals surface area contributed by atoms with E-state index in [1.807, 2.05) is 30.1 Å². The number of ether oxygens (including phenoxy) is 2. The van der Waals surface area contributed by atoms with Gasteiger partial charge < -0.3 is 24.3 Å². The van der Waals surface area contributed by atoms with Crippen molar-refractivity contribution in [2.45, 2.75) is 32.5 Å². The van der Waals surface area contributed by atoms with Crippen LogP contribution in [0.3, 0.4) is 0 Å². The molecule has 1 aliphatic rings. The lowest BCUT2D eigenvalue weighted by atomic mass is 10.2. The molecule has 1 aromatic carbocycles. The smallest absolute Gasteiger partial charge is 0.194 e. The number of nitrogens with zero attached hydrogens (tertiary/aromatic N) is 5. The average molecular weight is 486 g/mol. The predicted octanol–water partition coefficient (Wildman–Crippen LogP) is 2.07. The monoisotopic (exact) mass is 486 g/mol. The van der Waals surface area contributed by atoms with E-state index in [0.29, 0.717) is 13.1 Å². The van der Waals surface area contributed by atoms with Gasteiger partial charge in [0, 0.05) is 45.2 Å². The summed E-state index contributed by atoms with van der Waals surface area (Å²) in [6, 6.07) is 5.83. The van der Waals surface area contributed by atoms with Gasteiger partial charge in [-0.2, -0.15) is 0 Å². The summed E-state index contributed by atoms with van der Waals surface area (Å²) in [5, 5.41) is 11.9. The third-order valence-corrected chi connectivity index (χ3v) is 4.57. The third-order valence-electron chi connectivity index (χ3n) is 4.57. The summed E-state index contributed by atoms with van der Waals surface area (Å²) in [7, 11) is 7.08. The Morgan fingerprint density at radius 1 is 1.30 bits per heavy atom. The molecule has 0 unspecified atom stereocenters. The van der Waals surface area contributed by atoms with E-state index in [4.69, 9.17) is 9.47 Å². The minimum Gasteiger partial charge on any atom is -0.497 e. The summed E-state index contributed by atoms with van der Waals surface area (Å²) in [6.07, 6.45) is 2.16. The lowest BCUT2D eigenvalue weighted by Gasteiger charge is -2.23. The molecule has 0 atom stereocenters. The molecule has 0 saturated heterocycles. The minimum absolute atomic E-state index is 0. The topological polar surface area (TPSA) is 76.8 Å². The van der Waals surface area contributed by atoms with E-state index in [0.717, 1.165) is 54.1 Å². The van der Waals surface area contributed by atoms with Crippen molar-refractivity contribution in [3.63, 3.8) is 0 Å². The van der Waals surface area contributed by atoms with Gasteiger partial charge in [0.2, 0.25) is 0 Å².